The molecule has 0 radical (unpaired) electrons. The third kappa shape index (κ3) is 4.32. The Hall–Kier alpha value is -2.08. The molecule has 28 heavy (non-hydrogen) atoms. The quantitative estimate of drug-likeness (QED) is 0.414. The number of aryl methyl sites for hydroxylation is 2. The van der Waals surface area contributed by atoms with Crippen molar-refractivity contribution in [3.8, 4) is 0 Å². The molecule has 0 aliphatic carbocycles. The Morgan fingerprint density at radius 2 is 1.86 bits per heavy atom. The predicted octanol–water partition coefficient (Wildman–Crippen LogP) is 4.31. The predicted molar refractivity (Wildman–Crippen MR) is 110 cm³/mol. The number of halogens is 3. The summed E-state index contributed by atoms with van der Waals surface area (Å²) in [5.74, 6) is -3.31. The van der Waals surface area contributed by atoms with Gasteiger partial charge < -0.3 is 10.6 Å². The van der Waals surface area contributed by atoms with E-state index in [4.69, 9.17) is 34.8 Å². The van der Waals surface area contributed by atoms with Crippen LogP contribution in [0.3, 0.4) is 0 Å². The van der Waals surface area contributed by atoms with Crippen molar-refractivity contribution >= 4 is 58.1 Å². The zero-order valence-corrected chi connectivity index (χ0v) is 17.2. The molecule has 0 bridgehead atoms. The number of carbonyl (C=O) groups is 3. The van der Waals surface area contributed by atoms with Gasteiger partial charge in [-0.05, 0) is 60.7 Å². The fourth-order valence-corrected chi connectivity index (χ4v) is 3.78. The first-order valence-corrected chi connectivity index (χ1v) is 9.78. The highest BCUT2D eigenvalue weighted by Crippen LogP contribution is 2.35. The number of amides is 2. The molecular weight excluding hydrogens is 423 g/mol. The molecule has 1 atom stereocenters. The van der Waals surface area contributed by atoms with Crippen molar-refractivity contribution in [1.82, 2.24) is 5.32 Å². The van der Waals surface area contributed by atoms with Gasteiger partial charge in [0.2, 0.25) is 11.7 Å². The lowest BCUT2D eigenvalue weighted by molar-refractivity contribution is -0.139. The van der Waals surface area contributed by atoms with Crippen LogP contribution in [-0.4, -0.2) is 24.1 Å². The Kier molecular flexibility index (Phi) is 6.28. The van der Waals surface area contributed by atoms with Gasteiger partial charge in [-0.15, -0.1) is 0 Å². The van der Waals surface area contributed by atoms with Crippen LogP contribution >= 0.6 is 34.8 Å². The van der Waals surface area contributed by atoms with Gasteiger partial charge in [-0.25, -0.2) is 0 Å². The summed E-state index contributed by atoms with van der Waals surface area (Å²) in [5.41, 5.74) is 2.56. The molecule has 1 unspecified atom stereocenters. The van der Waals surface area contributed by atoms with Gasteiger partial charge in [0.05, 0.1) is 10.0 Å². The number of hydrogen-bond donors (Lipinski definition) is 2. The first kappa shape index (κ1) is 20.6. The van der Waals surface area contributed by atoms with E-state index in [2.05, 4.69) is 10.6 Å². The summed E-state index contributed by atoms with van der Waals surface area (Å²) >= 11 is 18.0. The fraction of sp³-hybridized carbons (Fsp3) is 0.250. The Morgan fingerprint density at radius 3 is 2.57 bits per heavy atom. The van der Waals surface area contributed by atoms with E-state index >= 15 is 0 Å². The minimum Gasteiger partial charge on any atom is -0.355 e. The number of hydrogen-bond acceptors (Lipinski definition) is 3. The minimum atomic E-state index is -1.20. The highest BCUT2D eigenvalue weighted by Gasteiger charge is 2.39. The molecular formula is C20H17Cl3N2O3. The minimum absolute atomic E-state index is 0.347. The van der Waals surface area contributed by atoms with Gasteiger partial charge in [-0.1, -0.05) is 40.9 Å². The number of fused-ring (bicyclic) bond motifs is 1. The van der Waals surface area contributed by atoms with Crippen molar-refractivity contribution in [3.05, 3.63) is 62.1 Å². The molecule has 0 spiro atoms. The Bertz CT molecular complexity index is 975. The number of nitrogens with one attached hydrogen (secondary N) is 2. The topological polar surface area (TPSA) is 75.3 Å². The van der Waals surface area contributed by atoms with E-state index in [1.807, 2.05) is 6.07 Å². The highest BCUT2D eigenvalue weighted by atomic mass is 35.5. The molecule has 5 nitrogen and oxygen atoms in total. The molecule has 8 heteroatoms. The van der Waals surface area contributed by atoms with Crippen LogP contribution < -0.4 is 10.6 Å². The van der Waals surface area contributed by atoms with Crippen molar-refractivity contribution < 1.29 is 14.4 Å². The standard InChI is InChI=1S/C20H17Cl3N2O3/c1-10-7-12(21)9-13-16(18(26)20(28)25-17(10)13)19(27)24-6-2-3-11-4-5-14(22)15(23)8-11/h4-5,7-9,16H,2-3,6H2,1H3,(H,24,27)(H,25,28). The molecule has 1 aliphatic rings. The first-order chi connectivity index (χ1) is 13.3. The van der Waals surface area contributed by atoms with Crippen molar-refractivity contribution in [2.75, 3.05) is 11.9 Å². The molecule has 2 amide bonds. The Morgan fingerprint density at radius 1 is 1.11 bits per heavy atom. The van der Waals surface area contributed by atoms with E-state index in [1.165, 1.54) is 0 Å². The summed E-state index contributed by atoms with van der Waals surface area (Å²) in [4.78, 5) is 37.0. The first-order valence-electron chi connectivity index (χ1n) is 8.65. The average Bonchev–Trinajstić information content (AvgIpc) is 2.63. The summed E-state index contributed by atoms with van der Waals surface area (Å²) in [5, 5.41) is 6.64. The van der Waals surface area contributed by atoms with Gasteiger partial charge in [0.1, 0.15) is 5.92 Å². The van der Waals surface area contributed by atoms with E-state index in [0.29, 0.717) is 51.3 Å². The van der Waals surface area contributed by atoms with Crippen LogP contribution in [-0.2, 0) is 20.8 Å². The number of ketones is 1. The van der Waals surface area contributed by atoms with Crippen LogP contribution in [0.5, 0.6) is 0 Å². The van der Waals surface area contributed by atoms with Crippen molar-refractivity contribution in [3.63, 3.8) is 0 Å². The van der Waals surface area contributed by atoms with Gasteiger partial charge in [0, 0.05) is 17.3 Å². The summed E-state index contributed by atoms with van der Waals surface area (Å²) in [6.45, 7) is 2.10. The van der Waals surface area contributed by atoms with Gasteiger partial charge >= 0.3 is 0 Å². The maximum atomic E-state index is 12.7. The molecule has 2 aromatic carbocycles. The number of rotatable bonds is 5. The lowest BCUT2D eigenvalue weighted by atomic mass is 9.87. The van der Waals surface area contributed by atoms with Crippen molar-refractivity contribution in [2.45, 2.75) is 25.7 Å². The fourth-order valence-electron chi connectivity index (χ4n) is 3.18. The van der Waals surface area contributed by atoms with Crippen LogP contribution in [0.25, 0.3) is 0 Å². The molecule has 1 heterocycles. The van der Waals surface area contributed by atoms with E-state index in [1.54, 1.807) is 31.2 Å². The van der Waals surface area contributed by atoms with Crippen LogP contribution in [0.4, 0.5) is 5.69 Å². The summed E-state index contributed by atoms with van der Waals surface area (Å²) in [6.07, 6.45) is 1.32. The number of carbonyl (C=O) groups excluding carboxylic acids is 3. The third-order valence-electron chi connectivity index (χ3n) is 4.55. The summed E-state index contributed by atoms with van der Waals surface area (Å²) in [7, 11) is 0. The lowest BCUT2D eigenvalue weighted by Crippen LogP contribution is -2.42. The second-order valence-corrected chi connectivity index (χ2v) is 7.83. The molecule has 0 fully saturated rings. The second kappa shape index (κ2) is 8.52. The smallest absolute Gasteiger partial charge is 0.292 e. The number of anilines is 1. The van der Waals surface area contributed by atoms with Crippen LogP contribution in [0.1, 0.15) is 29.0 Å². The van der Waals surface area contributed by atoms with E-state index in [9.17, 15) is 14.4 Å². The maximum absolute atomic E-state index is 12.7. The van der Waals surface area contributed by atoms with Crippen LogP contribution in [0.2, 0.25) is 15.1 Å². The van der Waals surface area contributed by atoms with Gasteiger partial charge in [-0.2, -0.15) is 0 Å². The molecule has 0 saturated heterocycles. The van der Waals surface area contributed by atoms with Gasteiger partial charge in [-0.3, -0.25) is 14.4 Å². The molecule has 2 N–H and O–H groups in total. The molecule has 0 saturated carbocycles. The molecule has 2 aromatic rings. The molecule has 1 aliphatic heterocycles. The van der Waals surface area contributed by atoms with Crippen LogP contribution in [0.15, 0.2) is 30.3 Å². The van der Waals surface area contributed by atoms with Crippen molar-refractivity contribution in [1.29, 1.82) is 0 Å². The number of benzene rings is 2. The van der Waals surface area contributed by atoms with Crippen molar-refractivity contribution in [2.24, 2.45) is 0 Å². The summed E-state index contributed by atoms with van der Waals surface area (Å²) < 4.78 is 0. The Balaban J connectivity index is 1.67. The second-order valence-electron chi connectivity index (χ2n) is 6.58. The SMILES string of the molecule is Cc1cc(Cl)cc2c1NC(=O)C(=O)C2C(=O)NCCCc1ccc(Cl)c(Cl)c1. The monoisotopic (exact) mass is 438 g/mol. The number of Topliss-reactive ketones (excluding diaryl/α,β-unsaturated/α-hetero) is 1. The lowest BCUT2D eigenvalue weighted by Gasteiger charge is -2.25. The van der Waals surface area contributed by atoms with E-state index < -0.39 is 23.5 Å². The van der Waals surface area contributed by atoms with Gasteiger partial charge in [0.25, 0.3) is 5.91 Å². The zero-order chi connectivity index (χ0) is 20.4. The molecule has 146 valence electrons. The Labute approximate surface area is 177 Å². The average molecular weight is 440 g/mol. The summed E-state index contributed by atoms with van der Waals surface area (Å²) in [6, 6.07) is 8.58. The molecule has 3 rings (SSSR count). The largest absolute Gasteiger partial charge is 0.355 e. The molecule has 0 aromatic heterocycles. The van der Waals surface area contributed by atoms with Gasteiger partial charge in [0.15, 0.2) is 0 Å². The third-order valence-corrected chi connectivity index (χ3v) is 5.51. The zero-order valence-electron chi connectivity index (χ0n) is 14.9. The van der Waals surface area contributed by atoms with Crippen LogP contribution in [0, 0.1) is 6.92 Å². The maximum Gasteiger partial charge on any atom is 0.292 e. The normalized spacial score (nSPS) is 15.8. The van der Waals surface area contributed by atoms with E-state index in [-0.39, 0.29) is 0 Å². The van der Waals surface area contributed by atoms with E-state index in [0.717, 1.165) is 5.56 Å². The highest BCUT2D eigenvalue weighted by molar-refractivity contribution is 6.48.